The fourth-order valence-electron chi connectivity index (χ4n) is 3.93. The maximum absolute atomic E-state index is 13.4. The number of amides is 4. The van der Waals surface area contributed by atoms with Gasteiger partial charge in [0.1, 0.15) is 17.1 Å². The van der Waals surface area contributed by atoms with Gasteiger partial charge in [-0.1, -0.05) is 6.92 Å². The Hall–Kier alpha value is -3.83. The van der Waals surface area contributed by atoms with Crippen molar-refractivity contribution < 1.29 is 37.0 Å². The van der Waals surface area contributed by atoms with Crippen molar-refractivity contribution in [2.75, 3.05) is 21.7 Å². The molecule has 4 amide bonds. The van der Waals surface area contributed by atoms with Crippen molar-refractivity contribution in [1.82, 2.24) is 4.98 Å². The van der Waals surface area contributed by atoms with E-state index in [1.165, 1.54) is 35.4 Å². The zero-order valence-corrected chi connectivity index (χ0v) is 17.5. The normalized spacial score (nSPS) is 22.0. The maximum atomic E-state index is 13.4. The van der Waals surface area contributed by atoms with Gasteiger partial charge >= 0.3 is 18.5 Å². The zero-order valence-electron chi connectivity index (χ0n) is 17.5. The summed E-state index contributed by atoms with van der Waals surface area (Å²) in [6, 6.07) is 6.78. The van der Waals surface area contributed by atoms with Crippen LogP contribution in [-0.4, -0.2) is 41.5 Å². The molecule has 0 bridgehead atoms. The van der Waals surface area contributed by atoms with Crippen LogP contribution < -0.4 is 19.9 Å². The molecular weight excluding hydrogens is 445 g/mol. The molecule has 2 heterocycles. The van der Waals surface area contributed by atoms with Gasteiger partial charge in [-0.05, 0) is 49.6 Å². The summed E-state index contributed by atoms with van der Waals surface area (Å²) < 4.78 is 45.9. The lowest BCUT2D eigenvalue weighted by Gasteiger charge is -2.22. The summed E-state index contributed by atoms with van der Waals surface area (Å²) in [6.07, 6.45) is -3.79. The number of hydrogen-bond acceptors (Lipinski definition) is 6. The van der Waals surface area contributed by atoms with Crippen LogP contribution in [-0.2, 0) is 9.53 Å². The Morgan fingerprint density at radius 2 is 1.88 bits per heavy atom. The van der Waals surface area contributed by atoms with Crippen LogP contribution in [0.25, 0.3) is 0 Å². The van der Waals surface area contributed by atoms with Gasteiger partial charge in [-0.3, -0.25) is 15.0 Å². The highest BCUT2D eigenvalue weighted by Crippen LogP contribution is 2.55. The minimum atomic E-state index is -4.86. The SMILES string of the molecule is CCOC(=O)Nc1cc(N2C(=O)N(c3ccc(OC(F)(F)F)cc3)C(=O)C23CC3C)ccn1. The number of ether oxygens (including phenoxy) is 2. The Balaban J connectivity index is 1.64. The molecule has 0 radical (unpaired) electrons. The predicted molar refractivity (Wildman–Crippen MR) is 110 cm³/mol. The second-order valence-corrected chi connectivity index (χ2v) is 7.57. The number of carbonyl (C=O) groups excluding carboxylic acids is 3. The van der Waals surface area contributed by atoms with Crippen LogP contribution in [0.5, 0.6) is 5.75 Å². The van der Waals surface area contributed by atoms with Gasteiger partial charge in [0.05, 0.1) is 18.0 Å². The van der Waals surface area contributed by atoms with Gasteiger partial charge in [0, 0.05) is 12.3 Å². The third kappa shape index (κ3) is 4.03. The topological polar surface area (TPSA) is 101 Å². The van der Waals surface area contributed by atoms with Crippen LogP contribution in [0.1, 0.15) is 20.3 Å². The number of hydrogen-bond donors (Lipinski definition) is 1. The standard InChI is InChI=1S/C21H19F3N4O5/c1-3-32-18(30)26-16-10-14(8-9-25-16)28-19(31)27(17(29)20(28)11-12(20)2)13-4-6-15(7-5-13)33-21(22,23)24/h4-10,12H,3,11H2,1-2H3,(H,25,26,30). The van der Waals surface area contributed by atoms with Crippen molar-refractivity contribution in [2.45, 2.75) is 32.2 Å². The molecule has 9 nitrogen and oxygen atoms in total. The summed E-state index contributed by atoms with van der Waals surface area (Å²) in [7, 11) is 0. The number of urea groups is 1. The van der Waals surface area contributed by atoms with Gasteiger partial charge in [-0.25, -0.2) is 19.5 Å². The van der Waals surface area contributed by atoms with E-state index in [9.17, 15) is 27.6 Å². The molecule has 2 fully saturated rings. The maximum Gasteiger partial charge on any atom is 0.573 e. The van der Waals surface area contributed by atoms with Crippen LogP contribution in [0.15, 0.2) is 42.6 Å². The average molecular weight is 464 g/mol. The lowest BCUT2D eigenvalue weighted by atomic mass is 10.1. The summed E-state index contributed by atoms with van der Waals surface area (Å²) in [5.41, 5.74) is -0.681. The molecule has 2 aliphatic rings. The number of alkyl halides is 3. The van der Waals surface area contributed by atoms with E-state index in [2.05, 4.69) is 15.0 Å². The third-order valence-corrected chi connectivity index (χ3v) is 5.46. The number of benzene rings is 1. The van der Waals surface area contributed by atoms with E-state index in [1.54, 1.807) is 6.92 Å². The van der Waals surface area contributed by atoms with Crippen LogP contribution in [0.2, 0.25) is 0 Å². The molecule has 2 unspecified atom stereocenters. The highest BCUT2D eigenvalue weighted by Gasteiger charge is 2.70. The van der Waals surface area contributed by atoms with Gasteiger partial charge in [0.15, 0.2) is 0 Å². The number of nitrogens with zero attached hydrogens (tertiary/aromatic N) is 3. The van der Waals surface area contributed by atoms with Crippen molar-refractivity contribution in [3.63, 3.8) is 0 Å². The molecule has 1 aromatic heterocycles. The highest BCUT2D eigenvalue weighted by molar-refractivity contribution is 6.32. The van der Waals surface area contributed by atoms with E-state index in [0.717, 1.165) is 17.0 Å². The molecule has 1 saturated carbocycles. The van der Waals surface area contributed by atoms with Gasteiger partial charge in [0.25, 0.3) is 5.91 Å². The van der Waals surface area contributed by atoms with E-state index in [0.29, 0.717) is 12.1 Å². The molecule has 33 heavy (non-hydrogen) atoms. The van der Waals surface area contributed by atoms with Crippen LogP contribution in [0.4, 0.5) is 40.0 Å². The monoisotopic (exact) mass is 464 g/mol. The summed E-state index contributed by atoms with van der Waals surface area (Å²) >= 11 is 0. The van der Waals surface area contributed by atoms with Crippen LogP contribution in [0, 0.1) is 5.92 Å². The second-order valence-electron chi connectivity index (χ2n) is 7.57. The fourth-order valence-corrected chi connectivity index (χ4v) is 3.93. The molecule has 1 saturated heterocycles. The lowest BCUT2D eigenvalue weighted by molar-refractivity contribution is -0.274. The van der Waals surface area contributed by atoms with Gasteiger partial charge in [-0.2, -0.15) is 0 Å². The summed E-state index contributed by atoms with van der Waals surface area (Å²) in [4.78, 5) is 44.7. The van der Waals surface area contributed by atoms with E-state index in [4.69, 9.17) is 4.74 Å². The van der Waals surface area contributed by atoms with Crippen LogP contribution >= 0.6 is 0 Å². The van der Waals surface area contributed by atoms with Crippen LogP contribution in [0.3, 0.4) is 0 Å². The Bertz CT molecular complexity index is 1110. The van der Waals surface area contributed by atoms with E-state index in [1.807, 2.05) is 6.92 Å². The number of aromatic nitrogens is 1. The summed E-state index contributed by atoms with van der Waals surface area (Å²) in [5.74, 6) is -0.982. The third-order valence-electron chi connectivity index (χ3n) is 5.46. The summed E-state index contributed by atoms with van der Waals surface area (Å²) in [5, 5.41) is 2.44. The Labute approximate surface area is 186 Å². The Morgan fingerprint density at radius 1 is 1.21 bits per heavy atom. The number of halogens is 3. The first kappa shape index (κ1) is 22.4. The molecule has 4 rings (SSSR count). The highest BCUT2D eigenvalue weighted by atomic mass is 19.4. The first-order chi connectivity index (χ1) is 15.6. The number of imide groups is 1. The molecule has 1 aromatic carbocycles. The van der Waals surface area contributed by atoms with Gasteiger partial charge in [0.2, 0.25) is 0 Å². The minimum Gasteiger partial charge on any atom is -0.450 e. The zero-order chi connectivity index (χ0) is 24.0. The first-order valence-corrected chi connectivity index (χ1v) is 10.0. The minimum absolute atomic E-state index is 0.111. The number of anilines is 3. The average Bonchev–Trinajstić information content (AvgIpc) is 3.34. The van der Waals surface area contributed by atoms with Crippen molar-refractivity contribution in [3.05, 3.63) is 42.6 Å². The molecule has 1 aliphatic carbocycles. The lowest BCUT2D eigenvalue weighted by Crippen LogP contribution is -2.39. The second kappa shape index (κ2) is 7.94. The van der Waals surface area contributed by atoms with Crippen molar-refractivity contribution in [1.29, 1.82) is 0 Å². The van der Waals surface area contributed by atoms with E-state index in [-0.39, 0.29) is 24.0 Å². The molecule has 1 N–H and O–H groups in total. The smallest absolute Gasteiger partial charge is 0.450 e. The number of rotatable bonds is 5. The Morgan fingerprint density at radius 3 is 2.45 bits per heavy atom. The van der Waals surface area contributed by atoms with Gasteiger partial charge in [-0.15, -0.1) is 13.2 Å². The largest absolute Gasteiger partial charge is 0.573 e. The summed E-state index contributed by atoms with van der Waals surface area (Å²) in [6.45, 7) is 3.63. The van der Waals surface area contributed by atoms with Crippen molar-refractivity contribution in [2.24, 2.45) is 5.92 Å². The number of nitrogens with one attached hydrogen (secondary N) is 1. The molecular formula is C21H19F3N4O5. The first-order valence-electron chi connectivity index (χ1n) is 10.0. The Kier molecular flexibility index (Phi) is 5.38. The fraction of sp³-hybridized carbons (Fsp3) is 0.333. The number of pyridine rings is 1. The molecule has 2 aromatic rings. The molecule has 12 heteroatoms. The predicted octanol–water partition coefficient (Wildman–Crippen LogP) is 4.30. The van der Waals surface area contributed by atoms with Crippen molar-refractivity contribution >= 4 is 35.2 Å². The molecule has 2 atom stereocenters. The quantitative estimate of drug-likeness (QED) is 0.663. The van der Waals surface area contributed by atoms with E-state index >= 15 is 0 Å². The molecule has 1 aliphatic heterocycles. The molecule has 174 valence electrons. The van der Waals surface area contributed by atoms with E-state index < -0.39 is 35.7 Å². The molecule has 1 spiro atoms. The van der Waals surface area contributed by atoms with Gasteiger partial charge < -0.3 is 9.47 Å². The number of carbonyl (C=O) groups is 3. The van der Waals surface area contributed by atoms with Crippen molar-refractivity contribution in [3.8, 4) is 5.75 Å².